The summed E-state index contributed by atoms with van der Waals surface area (Å²) in [6.07, 6.45) is 4.67. The minimum absolute atomic E-state index is 0.00288. The molecule has 7 nitrogen and oxygen atoms in total. The zero-order chi connectivity index (χ0) is 20.6. The minimum atomic E-state index is -3.56. The second-order valence-corrected chi connectivity index (χ2v) is 10.0. The Kier molecular flexibility index (Phi) is 5.48. The molecule has 2 heterocycles. The highest BCUT2D eigenvalue weighted by Crippen LogP contribution is 2.29. The van der Waals surface area contributed by atoms with E-state index in [1.165, 1.54) is 5.56 Å². The van der Waals surface area contributed by atoms with Gasteiger partial charge in [0, 0.05) is 24.7 Å². The molecule has 156 valence electrons. The van der Waals surface area contributed by atoms with E-state index >= 15 is 0 Å². The topological polar surface area (TPSA) is 92.5 Å². The van der Waals surface area contributed by atoms with Gasteiger partial charge in [-0.1, -0.05) is 17.3 Å². The summed E-state index contributed by atoms with van der Waals surface area (Å²) in [6, 6.07) is 8.13. The molecule has 2 aromatic rings. The maximum Gasteiger partial charge on any atom is 0.251 e. The van der Waals surface area contributed by atoms with Crippen molar-refractivity contribution in [2.75, 3.05) is 13.1 Å². The zero-order valence-corrected chi connectivity index (χ0v) is 17.7. The monoisotopic (exact) mass is 417 g/mol. The molecule has 0 unspecified atom stereocenters. The fraction of sp³-hybridized carbons (Fsp3) is 0.524. The Balaban J connectivity index is 1.33. The molecule has 1 amide bonds. The van der Waals surface area contributed by atoms with E-state index in [2.05, 4.69) is 10.5 Å². The highest BCUT2D eigenvalue weighted by Gasteiger charge is 2.33. The molecule has 8 heteroatoms. The molecule has 0 spiro atoms. The van der Waals surface area contributed by atoms with Crippen LogP contribution < -0.4 is 5.32 Å². The Morgan fingerprint density at radius 3 is 2.34 bits per heavy atom. The van der Waals surface area contributed by atoms with Crippen molar-refractivity contribution in [2.24, 2.45) is 5.92 Å². The van der Waals surface area contributed by atoms with Crippen molar-refractivity contribution in [3.8, 4) is 0 Å². The molecular weight excluding hydrogens is 390 g/mol. The van der Waals surface area contributed by atoms with Crippen LogP contribution in [0.15, 0.2) is 33.7 Å². The molecule has 1 N–H and O–H groups in total. The van der Waals surface area contributed by atoms with E-state index in [9.17, 15) is 13.2 Å². The molecule has 1 saturated carbocycles. The Morgan fingerprint density at radius 2 is 1.79 bits per heavy atom. The van der Waals surface area contributed by atoms with E-state index in [0.717, 1.165) is 32.1 Å². The average Bonchev–Trinajstić information content (AvgIpc) is 3.44. The van der Waals surface area contributed by atoms with E-state index in [4.69, 9.17) is 4.52 Å². The van der Waals surface area contributed by atoms with E-state index in [1.807, 2.05) is 24.3 Å². The summed E-state index contributed by atoms with van der Waals surface area (Å²) in [5.74, 6) is 0.768. The molecule has 1 aromatic carbocycles. The van der Waals surface area contributed by atoms with Crippen LogP contribution in [0.2, 0.25) is 0 Å². The van der Waals surface area contributed by atoms with Crippen molar-refractivity contribution >= 4 is 15.9 Å². The molecular formula is C21H27N3O4S. The number of sulfonamides is 1. The third-order valence-electron chi connectivity index (χ3n) is 5.79. The van der Waals surface area contributed by atoms with Crippen LogP contribution in [0, 0.1) is 19.8 Å². The zero-order valence-electron chi connectivity index (χ0n) is 16.8. The lowest BCUT2D eigenvalue weighted by molar-refractivity contribution is 0.0951. The van der Waals surface area contributed by atoms with Crippen LogP contribution in [0.1, 0.15) is 53.1 Å². The molecule has 1 aliphatic carbocycles. The van der Waals surface area contributed by atoms with Crippen molar-refractivity contribution in [1.29, 1.82) is 0 Å². The number of amides is 1. The van der Waals surface area contributed by atoms with Gasteiger partial charge in [0.1, 0.15) is 10.6 Å². The Labute approximate surface area is 171 Å². The molecule has 1 saturated heterocycles. The third-order valence-corrected chi connectivity index (χ3v) is 7.94. The maximum absolute atomic E-state index is 12.9. The van der Waals surface area contributed by atoms with Crippen molar-refractivity contribution in [2.45, 2.75) is 56.9 Å². The van der Waals surface area contributed by atoms with Crippen LogP contribution >= 0.6 is 0 Å². The molecule has 0 radical (unpaired) electrons. The van der Waals surface area contributed by atoms with Crippen LogP contribution in [0.4, 0.5) is 0 Å². The Morgan fingerprint density at radius 1 is 1.14 bits per heavy atom. The maximum atomic E-state index is 12.9. The number of carbonyl (C=O) groups is 1. The predicted octanol–water partition coefficient (Wildman–Crippen LogP) is 2.83. The van der Waals surface area contributed by atoms with Crippen LogP contribution in [-0.2, 0) is 16.4 Å². The van der Waals surface area contributed by atoms with E-state index in [1.54, 1.807) is 18.2 Å². The van der Waals surface area contributed by atoms with Gasteiger partial charge in [0.25, 0.3) is 5.91 Å². The van der Waals surface area contributed by atoms with Gasteiger partial charge in [0.05, 0.1) is 0 Å². The average molecular weight is 418 g/mol. The number of aromatic nitrogens is 1. The number of benzene rings is 1. The number of carbonyl (C=O) groups excluding carboxylic acids is 1. The fourth-order valence-electron chi connectivity index (χ4n) is 3.95. The predicted molar refractivity (Wildman–Crippen MR) is 108 cm³/mol. The third kappa shape index (κ3) is 4.38. The summed E-state index contributed by atoms with van der Waals surface area (Å²) >= 11 is 0. The van der Waals surface area contributed by atoms with Gasteiger partial charge >= 0.3 is 0 Å². The summed E-state index contributed by atoms with van der Waals surface area (Å²) in [7, 11) is -3.56. The summed E-state index contributed by atoms with van der Waals surface area (Å²) in [4.78, 5) is 12.3. The number of piperidine rings is 1. The molecule has 1 aromatic heterocycles. The quantitative estimate of drug-likeness (QED) is 0.780. The number of rotatable bonds is 6. The highest BCUT2D eigenvalue weighted by molar-refractivity contribution is 7.89. The van der Waals surface area contributed by atoms with Crippen LogP contribution in [0.5, 0.6) is 0 Å². The second kappa shape index (κ2) is 7.91. The fourth-order valence-corrected chi connectivity index (χ4v) is 5.71. The number of aryl methyl sites for hydroxylation is 2. The lowest BCUT2D eigenvalue weighted by Crippen LogP contribution is -2.39. The molecule has 0 atom stereocenters. The number of nitrogens with one attached hydrogen (secondary N) is 1. The van der Waals surface area contributed by atoms with Gasteiger partial charge in [-0.2, -0.15) is 4.31 Å². The van der Waals surface area contributed by atoms with Gasteiger partial charge in [-0.05, 0) is 69.6 Å². The molecule has 0 bridgehead atoms. The first-order valence-corrected chi connectivity index (χ1v) is 11.6. The van der Waals surface area contributed by atoms with Gasteiger partial charge in [0.2, 0.25) is 10.0 Å². The van der Waals surface area contributed by atoms with Crippen LogP contribution in [-0.4, -0.2) is 42.9 Å². The number of hydrogen-bond donors (Lipinski definition) is 1. The lowest BCUT2D eigenvalue weighted by atomic mass is 9.91. The van der Waals surface area contributed by atoms with Crippen molar-refractivity contribution in [1.82, 2.24) is 14.8 Å². The first kappa shape index (κ1) is 20.1. The number of nitrogens with zero attached hydrogens (tertiary/aromatic N) is 2. The van der Waals surface area contributed by atoms with Gasteiger partial charge in [-0.3, -0.25) is 4.79 Å². The van der Waals surface area contributed by atoms with Crippen molar-refractivity contribution in [3.05, 3.63) is 46.8 Å². The lowest BCUT2D eigenvalue weighted by Gasteiger charge is -2.31. The van der Waals surface area contributed by atoms with E-state index in [-0.39, 0.29) is 10.8 Å². The summed E-state index contributed by atoms with van der Waals surface area (Å²) in [6.45, 7) is 4.29. The normalized spacial score (nSPS) is 18.7. The first-order chi connectivity index (χ1) is 13.8. The molecule has 2 fully saturated rings. The van der Waals surface area contributed by atoms with E-state index in [0.29, 0.717) is 42.1 Å². The first-order valence-electron chi connectivity index (χ1n) is 10.2. The summed E-state index contributed by atoms with van der Waals surface area (Å²) in [5.41, 5.74) is 2.29. The minimum Gasteiger partial charge on any atom is -0.360 e. The molecule has 2 aliphatic rings. The second-order valence-electron chi connectivity index (χ2n) is 8.15. The summed E-state index contributed by atoms with van der Waals surface area (Å²) < 4.78 is 32.4. The van der Waals surface area contributed by atoms with Gasteiger partial charge in [-0.15, -0.1) is 0 Å². The number of hydrogen-bond acceptors (Lipinski definition) is 5. The highest BCUT2D eigenvalue weighted by atomic mass is 32.2. The van der Waals surface area contributed by atoms with Crippen LogP contribution in [0.25, 0.3) is 0 Å². The van der Waals surface area contributed by atoms with Gasteiger partial charge in [0.15, 0.2) is 5.76 Å². The SMILES string of the molecule is Cc1noc(C)c1S(=O)(=O)N1CCC(Cc2ccc(C(=O)NC3CC3)cc2)CC1. The summed E-state index contributed by atoms with van der Waals surface area (Å²) in [5, 5.41) is 6.77. The molecule has 1 aliphatic heterocycles. The van der Waals surface area contributed by atoms with Crippen molar-refractivity contribution < 1.29 is 17.7 Å². The largest absolute Gasteiger partial charge is 0.360 e. The van der Waals surface area contributed by atoms with Gasteiger partial charge in [-0.25, -0.2) is 8.42 Å². The standard InChI is InChI=1S/C21H27N3O4S/c1-14-20(15(2)28-23-14)29(26,27)24-11-9-17(10-12-24)13-16-3-5-18(6-4-16)21(25)22-19-7-8-19/h3-6,17,19H,7-13H2,1-2H3,(H,22,25). The Bertz CT molecular complexity index is 966. The van der Waals surface area contributed by atoms with Gasteiger partial charge < -0.3 is 9.84 Å². The van der Waals surface area contributed by atoms with Crippen molar-refractivity contribution in [3.63, 3.8) is 0 Å². The van der Waals surface area contributed by atoms with E-state index < -0.39 is 10.0 Å². The van der Waals surface area contributed by atoms with Crippen LogP contribution in [0.3, 0.4) is 0 Å². The molecule has 29 heavy (non-hydrogen) atoms. The molecule has 4 rings (SSSR count). The Hall–Kier alpha value is -2.19. The smallest absolute Gasteiger partial charge is 0.251 e.